The van der Waals surface area contributed by atoms with E-state index in [2.05, 4.69) is 34.3 Å². The fourth-order valence-electron chi connectivity index (χ4n) is 3.04. The molecule has 4 atom stereocenters. The summed E-state index contributed by atoms with van der Waals surface area (Å²) >= 11 is 0. The van der Waals surface area contributed by atoms with Crippen LogP contribution in [0.5, 0.6) is 0 Å². The van der Waals surface area contributed by atoms with Gasteiger partial charge in [0.1, 0.15) is 0 Å². The first kappa shape index (κ1) is 13.1. The van der Waals surface area contributed by atoms with Gasteiger partial charge in [-0.1, -0.05) is 13.0 Å². The molecule has 2 heterocycles. The average Bonchev–Trinajstić information content (AvgIpc) is 2.82. The molecule has 0 saturated carbocycles. The van der Waals surface area contributed by atoms with E-state index in [-0.39, 0.29) is 11.2 Å². The summed E-state index contributed by atoms with van der Waals surface area (Å²) in [6.45, 7) is 12.6. The maximum atomic E-state index is 6.14. The van der Waals surface area contributed by atoms with Gasteiger partial charge in [0, 0.05) is 5.92 Å². The molecule has 0 amide bonds. The van der Waals surface area contributed by atoms with Crippen molar-refractivity contribution in [3.05, 3.63) is 12.7 Å². The van der Waals surface area contributed by atoms with E-state index in [0.29, 0.717) is 18.1 Å². The van der Waals surface area contributed by atoms with Crippen LogP contribution in [0.2, 0.25) is 0 Å². The topological polar surface area (TPSA) is 18.5 Å². The molecular weight excluding hydrogens is 212 g/mol. The van der Waals surface area contributed by atoms with Crippen molar-refractivity contribution < 1.29 is 9.47 Å². The minimum absolute atomic E-state index is 0.0548. The van der Waals surface area contributed by atoms with E-state index in [1.807, 2.05) is 6.08 Å². The van der Waals surface area contributed by atoms with Crippen molar-refractivity contribution >= 4 is 0 Å². The van der Waals surface area contributed by atoms with Crippen LogP contribution >= 0.6 is 0 Å². The number of ether oxygens (including phenoxy) is 2. The van der Waals surface area contributed by atoms with Gasteiger partial charge in [0.15, 0.2) is 0 Å². The van der Waals surface area contributed by atoms with Gasteiger partial charge in [0.2, 0.25) is 0 Å². The van der Waals surface area contributed by atoms with E-state index in [0.717, 1.165) is 19.3 Å². The second kappa shape index (κ2) is 4.40. The van der Waals surface area contributed by atoms with Crippen molar-refractivity contribution in [2.75, 3.05) is 0 Å². The van der Waals surface area contributed by atoms with Gasteiger partial charge >= 0.3 is 0 Å². The predicted molar refractivity (Wildman–Crippen MR) is 70.1 cm³/mol. The highest BCUT2D eigenvalue weighted by Gasteiger charge is 2.42. The van der Waals surface area contributed by atoms with E-state index >= 15 is 0 Å². The lowest BCUT2D eigenvalue weighted by atomic mass is 9.92. The zero-order valence-corrected chi connectivity index (χ0v) is 11.7. The lowest BCUT2D eigenvalue weighted by Crippen LogP contribution is -2.33. The van der Waals surface area contributed by atoms with Crippen molar-refractivity contribution in [1.82, 2.24) is 0 Å². The summed E-state index contributed by atoms with van der Waals surface area (Å²) in [7, 11) is 0. The molecule has 0 N–H and O–H groups in total. The zero-order valence-electron chi connectivity index (χ0n) is 11.7. The minimum Gasteiger partial charge on any atom is -0.372 e. The van der Waals surface area contributed by atoms with Crippen LogP contribution in [0.15, 0.2) is 12.7 Å². The lowest BCUT2D eigenvalue weighted by Gasteiger charge is -2.29. The third-order valence-corrected chi connectivity index (χ3v) is 4.45. The van der Waals surface area contributed by atoms with Gasteiger partial charge < -0.3 is 9.47 Å². The van der Waals surface area contributed by atoms with Crippen LogP contribution in [-0.2, 0) is 9.47 Å². The monoisotopic (exact) mass is 238 g/mol. The van der Waals surface area contributed by atoms with Crippen LogP contribution in [-0.4, -0.2) is 23.4 Å². The highest BCUT2D eigenvalue weighted by Crippen LogP contribution is 2.40. The molecule has 2 saturated heterocycles. The first-order valence-electron chi connectivity index (χ1n) is 6.84. The molecule has 2 fully saturated rings. The highest BCUT2D eigenvalue weighted by molar-refractivity contribution is 5.00. The summed E-state index contributed by atoms with van der Waals surface area (Å²) in [5, 5.41) is 0. The maximum Gasteiger partial charge on any atom is 0.0836 e. The molecule has 2 aliphatic heterocycles. The molecule has 17 heavy (non-hydrogen) atoms. The summed E-state index contributed by atoms with van der Waals surface area (Å²) in [5.74, 6) is 0.485. The Morgan fingerprint density at radius 1 is 1.12 bits per heavy atom. The van der Waals surface area contributed by atoms with Crippen LogP contribution in [0, 0.1) is 5.92 Å². The molecular formula is C15H26O2. The van der Waals surface area contributed by atoms with Crippen molar-refractivity contribution in [2.24, 2.45) is 5.92 Å². The molecule has 0 aromatic rings. The van der Waals surface area contributed by atoms with Gasteiger partial charge in [-0.25, -0.2) is 0 Å². The third-order valence-electron chi connectivity index (χ3n) is 4.45. The molecule has 0 radical (unpaired) electrons. The summed E-state index contributed by atoms with van der Waals surface area (Å²) in [6, 6.07) is 0. The molecule has 2 nitrogen and oxygen atoms in total. The van der Waals surface area contributed by atoms with Gasteiger partial charge in [0.25, 0.3) is 0 Å². The standard InChI is InChI=1S/C15H26O2/c1-6-15(5)10-8-13(17-15)11(2)12-7-9-14(3,4)16-12/h6,11-13H,1,7-10H2,2-5H3. The molecule has 2 rings (SSSR count). The van der Waals surface area contributed by atoms with Crippen LogP contribution in [0.25, 0.3) is 0 Å². The Balaban J connectivity index is 1.94. The Kier molecular flexibility index (Phi) is 3.39. The van der Waals surface area contributed by atoms with Gasteiger partial charge in [-0.2, -0.15) is 0 Å². The second-order valence-corrected chi connectivity index (χ2v) is 6.53. The van der Waals surface area contributed by atoms with E-state index in [4.69, 9.17) is 9.47 Å². The first-order valence-corrected chi connectivity index (χ1v) is 6.84. The molecule has 98 valence electrons. The summed E-state index contributed by atoms with van der Waals surface area (Å²) < 4.78 is 12.3. The van der Waals surface area contributed by atoms with Gasteiger partial charge in [-0.15, -0.1) is 6.58 Å². The lowest BCUT2D eigenvalue weighted by molar-refractivity contribution is -0.0882. The SMILES string of the molecule is C=CC1(C)CCC(C(C)C2CCC(C)(C)O2)O1. The van der Waals surface area contributed by atoms with Crippen molar-refractivity contribution in [1.29, 1.82) is 0 Å². The smallest absolute Gasteiger partial charge is 0.0836 e. The Hall–Kier alpha value is -0.340. The van der Waals surface area contributed by atoms with Gasteiger partial charge in [-0.05, 0) is 46.5 Å². The van der Waals surface area contributed by atoms with Crippen molar-refractivity contribution in [2.45, 2.75) is 76.8 Å². The molecule has 0 aromatic carbocycles. The Labute approximate surface area is 105 Å². The summed E-state index contributed by atoms with van der Waals surface area (Å²) in [5.41, 5.74) is -0.0632. The number of hydrogen-bond donors (Lipinski definition) is 0. The van der Waals surface area contributed by atoms with Crippen molar-refractivity contribution in [3.8, 4) is 0 Å². The van der Waals surface area contributed by atoms with Crippen LogP contribution in [0.3, 0.4) is 0 Å². The molecule has 0 aliphatic carbocycles. The van der Waals surface area contributed by atoms with E-state index in [1.54, 1.807) is 0 Å². The Bertz CT molecular complexity index is 297. The number of hydrogen-bond acceptors (Lipinski definition) is 2. The van der Waals surface area contributed by atoms with Crippen molar-refractivity contribution in [3.63, 3.8) is 0 Å². The van der Waals surface area contributed by atoms with Gasteiger partial charge in [0.05, 0.1) is 23.4 Å². The van der Waals surface area contributed by atoms with Crippen LogP contribution < -0.4 is 0 Å². The normalized spacial score (nSPS) is 42.6. The Morgan fingerprint density at radius 3 is 2.18 bits per heavy atom. The predicted octanol–water partition coefficient (Wildman–Crippen LogP) is 3.70. The Morgan fingerprint density at radius 2 is 1.71 bits per heavy atom. The molecule has 2 aliphatic rings. The fraction of sp³-hybridized carbons (Fsp3) is 0.867. The molecule has 0 aromatic heterocycles. The quantitative estimate of drug-likeness (QED) is 0.698. The largest absolute Gasteiger partial charge is 0.372 e. The number of rotatable bonds is 3. The van der Waals surface area contributed by atoms with Gasteiger partial charge in [-0.3, -0.25) is 0 Å². The van der Waals surface area contributed by atoms with Crippen LogP contribution in [0.1, 0.15) is 53.4 Å². The average molecular weight is 238 g/mol. The second-order valence-electron chi connectivity index (χ2n) is 6.53. The summed E-state index contributed by atoms with van der Waals surface area (Å²) in [6.07, 6.45) is 7.18. The zero-order chi connectivity index (χ0) is 12.7. The van der Waals surface area contributed by atoms with E-state index < -0.39 is 0 Å². The van der Waals surface area contributed by atoms with E-state index in [1.165, 1.54) is 6.42 Å². The van der Waals surface area contributed by atoms with Crippen LogP contribution in [0.4, 0.5) is 0 Å². The minimum atomic E-state index is -0.118. The highest BCUT2D eigenvalue weighted by atomic mass is 16.5. The molecule has 0 bridgehead atoms. The molecule has 4 unspecified atom stereocenters. The third kappa shape index (κ3) is 2.74. The molecule has 2 heteroatoms. The maximum absolute atomic E-state index is 6.14. The van der Waals surface area contributed by atoms with E-state index in [9.17, 15) is 0 Å². The summed E-state index contributed by atoms with van der Waals surface area (Å²) in [4.78, 5) is 0. The molecule has 0 spiro atoms. The first-order chi connectivity index (χ1) is 7.85. The fourth-order valence-corrected chi connectivity index (χ4v) is 3.04.